The lowest BCUT2D eigenvalue weighted by Crippen LogP contribution is -2.28. The van der Waals surface area contributed by atoms with E-state index >= 15 is 0 Å². The summed E-state index contributed by atoms with van der Waals surface area (Å²) in [6.45, 7) is 3.69. The minimum absolute atomic E-state index is 0.0803. The molecule has 0 spiro atoms. The van der Waals surface area contributed by atoms with Gasteiger partial charge in [0.25, 0.3) is 11.5 Å². The number of benzene rings is 1. The Kier molecular flexibility index (Phi) is 4.50. The summed E-state index contributed by atoms with van der Waals surface area (Å²) in [6.07, 6.45) is 0. The van der Waals surface area contributed by atoms with Gasteiger partial charge in [0.1, 0.15) is 0 Å². The number of hydrogen-bond donors (Lipinski definition) is 3. The number of carbonyl (C=O) groups excluding carboxylic acids is 1. The van der Waals surface area contributed by atoms with Crippen molar-refractivity contribution in [2.45, 2.75) is 20.4 Å². The molecule has 3 N–H and O–H groups in total. The zero-order chi connectivity index (χ0) is 16.3. The fraction of sp³-hybridized carbons (Fsp3) is 0.250. The lowest BCUT2D eigenvalue weighted by Gasteiger charge is -2.10. The number of nitrogens with one attached hydrogen (secondary N) is 2. The molecule has 1 aromatic heterocycles. The number of carbonyl (C=O) groups is 1. The van der Waals surface area contributed by atoms with E-state index in [9.17, 15) is 14.7 Å². The molecule has 22 heavy (non-hydrogen) atoms. The van der Waals surface area contributed by atoms with E-state index in [1.54, 1.807) is 19.1 Å². The number of aromatic hydroxyl groups is 1. The van der Waals surface area contributed by atoms with E-state index in [1.807, 2.05) is 13.0 Å². The molecule has 0 aliphatic rings. The highest BCUT2D eigenvalue weighted by atomic mass is 16.5. The summed E-state index contributed by atoms with van der Waals surface area (Å²) in [6, 6.07) is 6.49. The van der Waals surface area contributed by atoms with E-state index in [0.29, 0.717) is 5.56 Å². The zero-order valence-corrected chi connectivity index (χ0v) is 12.7. The molecule has 2 rings (SSSR count). The van der Waals surface area contributed by atoms with Gasteiger partial charge in [0.2, 0.25) is 0 Å². The van der Waals surface area contributed by atoms with Crippen LogP contribution in [0.25, 0.3) is 0 Å². The number of aryl methyl sites for hydroxylation is 2. The number of para-hydroxylation sites is 1. The summed E-state index contributed by atoms with van der Waals surface area (Å²) in [5.74, 6) is -0.482. The molecule has 0 bridgehead atoms. The number of pyridine rings is 1. The van der Waals surface area contributed by atoms with Crippen LogP contribution in [-0.4, -0.2) is 23.1 Å². The normalized spacial score (nSPS) is 10.3. The molecule has 1 amide bonds. The van der Waals surface area contributed by atoms with Crippen LogP contribution in [0.15, 0.2) is 29.1 Å². The Hall–Kier alpha value is -2.76. The predicted molar refractivity (Wildman–Crippen MR) is 82.4 cm³/mol. The van der Waals surface area contributed by atoms with Crippen molar-refractivity contribution < 1.29 is 14.6 Å². The third kappa shape index (κ3) is 3.11. The third-order valence-corrected chi connectivity index (χ3v) is 3.38. The maximum absolute atomic E-state index is 12.2. The monoisotopic (exact) mass is 302 g/mol. The minimum atomic E-state index is -0.476. The van der Waals surface area contributed by atoms with Gasteiger partial charge in [-0.05, 0) is 37.6 Å². The number of ether oxygens (including phenoxy) is 1. The number of phenols is 1. The van der Waals surface area contributed by atoms with Gasteiger partial charge >= 0.3 is 0 Å². The van der Waals surface area contributed by atoms with Crippen LogP contribution in [0.2, 0.25) is 0 Å². The Labute approximate surface area is 127 Å². The SMILES string of the molecule is COc1cccc(C(=O)NCc2c(C)cc(C)[nH]c2=O)c1O. The molecule has 0 saturated heterocycles. The fourth-order valence-electron chi connectivity index (χ4n) is 2.24. The number of aromatic nitrogens is 1. The molecule has 0 aliphatic carbocycles. The molecule has 6 heteroatoms. The van der Waals surface area contributed by atoms with E-state index in [1.165, 1.54) is 13.2 Å². The molecule has 6 nitrogen and oxygen atoms in total. The largest absolute Gasteiger partial charge is 0.504 e. The molecule has 1 aromatic carbocycles. The number of rotatable bonds is 4. The topological polar surface area (TPSA) is 91.4 Å². The smallest absolute Gasteiger partial charge is 0.255 e. The van der Waals surface area contributed by atoms with E-state index in [0.717, 1.165) is 11.3 Å². The van der Waals surface area contributed by atoms with Gasteiger partial charge in [-0.3, -0.25) is 9.59 Å². The van der Waals surface area contributed by atoms with Crippen molar-refractivity contribution in [1.29, 1.82) is 0 Å². The molecule has 0 unspecified atom stereocenters. The van der Waals surface area contributed by atoms with E-state index in [4.69, 9.17) is 4.74 Å². The summed E-state index contributed by atoms with van der Waals surface area (Å²) in [5, 5.41) is 12.6. The van der Waals surface area contributed by atoms with Crippen LogP contribution in [0.4, 0.5) is 0 Å². The molecular weight excluding hydrogens is 284 g/mol. The Morgan fingerprint density at radius 3 is 2.73 bits per heavy atom. The summed E-state index contributed by atoms with van der Waals surface area (Å²) in [7, 11) is 1.41. The molecule has 0 radical (unpaired) electrons. The first-order valence-electron chi connectivity index (χ1n) is 6.77. The van der Waals surface area contributed by atoms with Crippen LogP contribution in [0.3, 0.4) is 0 Å². The highest BCUT2D eigenvalue weighted by molar-refractivity contribution is 5.97. The Balaban J connectivity index is 2.19. The lowest BCUT2D eigenvalue weighted by molar-refractivity contribution is 0.0947. The van der Waals surface area contributed by atoms with Gasteiger partial charge in [0.15, 0.2) is 11.5 Å². The third-order valence-electron chi connectivity index (χ3n) is 3.38. The summed E-state index contributed by atoms with van der Waals surface area (Å²) in [4.78, 5) is 26.8. The first-order chi connectivity index (χ1) is 10.4. The maximum atomic E-state index is 12.2. The molecule has 0 fully saturated rings. The van der Waals surface area contributed by atoms with Crippen LogP contribution < -0.4 is 15.6 Å². The molecule has 0 aliphatic heterocycles. The second-order valence-corrected chi connectivity index (χ2v) is 4.98. The molecule has 0 saturated carbocycles. The van der Waals surface area contributed by atoms with Gasteiger partial charge in [0.05, 0.1) is 12.7 Å². The average molecular weight is 302 g/mol. The standard InChI is InChI=1S/C16H18N2O4/c1-9-7-10(2)18-16(21)12(9)8-17-15(20)11-5-4-6-13(22-3)14(11)19/h4-7,19H,8H2,1-3H3,(H,17,20)(H,18,21). The van der Waals surface area contributed by atoms with Crippen molar-refractivity contribution in [3.8, 4) is 11.5 Å². The second-order valence-electron chi connectivity index (χ2n) is 4.98. The van der Waals surface area contributed by atoms with Gasteiger partial charge in [-0.1, -0.05) is 6.07 Å². The number of phenolic OH excluding ortho intramolecular Hbond substituents is 1. The Morgan fingerprint density at radius 1 is 1.36 bits per heavy atom. The first-order valence-corrected chi connectivity index (χ1v) is 6.77. The number of hydrogen-bond acceptors (Lipinski definition) is 4. The van der Waals surface area contributed by atoms with Crippen molar-refractivity contribution in [2.24, 2.45) is 0 Å². The van der Waals surface area contributed by atoms with Crippen LogP contribution in [0.5, 0.6) is 11.5 Å². The van der Waals surface area contributed by atoms with Crippen molar-refractivity contribution in [1.82, 2.24) is 10.3 Å². The number of H-pyrrole nitrogens is 1. The van der Waals surface area contributed by atoms with Crippen molar-refractivity contribution in [3.05, 3.63) is 57.0 Å². The van der Waals surface area contributed by atoms with Crippen molar-refractivity contribution >= 4 is 5.91 Å². The summed E-state index contributed by atoms with van der Waals surface area (Å²) < 4.78 is 4.96. The van der Waals surface area contributed by atoms with Crippen LogP contribution >= 0.6 is 0 Å². The van der Waals surface area contributed by atoms with E-state index < -0.39 is 5.91 Å². The van der Waals surface area contributed by atoms with Crippen LogP contribution in [0, 0.1) is 13.8 Å². The Morgan fingerprint density at radius 2 is 2.09 bits per heavy atom. The quantitative estimate of drug-likeness (QED) is 0.800. The lowest BCUT2D eigenvalue weighted by atomic mass is 10.1. The fourth-order valence-corrected chi connectivity index (χ4v) is 2.24. The number of amides is 1. The highest BCUT2D eigenvalue weighted by Gasteiger charge is 2.15. The zero-order valence-electron chi connectivity index (χ0n) is 12.7. The van der Waals surface area contributed by atoms with E-state index in [-0.39, 0.29) is 29.2 Å². The van der Waals surface area contributed by atoms with Gasteiger partial charge < -0.3 is 20.1 Å². The number of methoxy groups -OCH3 is 1. The van der Waals surface area contributed by atoms with Gasteiger partial charge in [0, 0.05) is 17.8 Å². The average Bonchev–Trinajstić information content (AvgIpc) is 2.46. The minimum Gasteiger partial charge on any atom is -0.504 e. The van der Waals surface area contributed by atoms with Crippen molar-refractivity contribution in [2.75, 3.05) is 7.11 Å². The summed E-state index contributed by atoms with van der Waals surface area (Å²) in [5.41, 5.74) is 1.92. The highest BCUT2D eigenvalue weighted by Crippen LogP contribution is 2.29. The predicted octanol–water partition coefficient (Wildman–Crippen LogP) is 1.64. The molecular formula is C16H18N2O4. The second kappa shape index (κ2) is 6.34. The molecule has 116 valence electrons. The van der Waals surface area contributed by atoms with Gasteiger partial charge in [-0.15, -0.1) is 0 Å². The molecule has 2 aromatic rings. The van der Waals surface area contributed by atoms with Gasteiger partial charge in [-0.25, -0.2) is 0 Å². The Bertz CT molecular complexity index is 765. The van der Waals surface area contributed by atoms with Crippen LogP contribution in [0.1, 0.15) is 27.2 Å². The van der Waals surface area contributed by atoms with Gasteiger partial charge in [-0.2, -0.15) is 0 Å². The van der Waals surface area contributed by atoms with E-state index in [2.05, 4.69) is 10.3 Å². The van der Waals surface area contributed by atoms with Crippen LogP contribution in [-0.2, 0) is 6.54 Å². The number of aromatic amines is 1. The first kappa shape index (κ1) is 15.6. The van der Waals surface area contributed by atoms with Crippen molar-refractivity contribution in [3.63, 3.8) is 0 Å². The summed E-state index contributed by atoms with van der Waals surface area (Å²) >= 11 is 0. The molecule has 0 atom stereocenters. The maximum Gasteiger partial charge on any atom is 0.255 e. The molecule has 1 heterocycles.